The van der Waals surface area contributed by atoms with Gasteiger partial charge in [0.2, 0.25) is 5.79 Å². The summed E-state index contributed by atoms with van der Waals surface area (Å²) in [5.74, 6) is -1.84. The lowest BCUT2D eigenvalue weighted by Gasteiger charge is -2.17. The van der Waals surface area contributed by atoms with E-state index >= 15 is 0 Å². The molecule has 0 radical (unpaired) electrons. The SMILES string of the molecule is CC.OC1(O)c2ccccc2-c2ccccc21. The van der Waals surface area contributed by atoms with E-state index in [-0.39, 0.29) is 0 Å². The van der Waals surface area contributed by atoms with Gasteiger partial charge in [-0.05, 0) is 11.1 Å². The van der Waals surface area contributed by atoms with Crippen LogP contribution < -0.4 is 0 Å². The highest BCUT2D eigenvalue weighted by molar-refractivity contribution is 5.78. The van der Waals surface area contributed by atoms with Crippen LogP contribution in [0.3, 0.4) is 0 Å². The van der Waals surface area contributed by atoms with Gasteiger partial charge in [0.25, 0.3) is 0 Å². The van der Waals surface area contributed by atoms with Crippen molar-refractivity contribution in [2.45, 2.75) is 19.6 Å². The van der Waals surface area contributed by atoms with Gasteiger partial charge in [0, 0.05) is 11.1 Å². The van der Waals surface area contributed by atoms with Gasteiger partial charge in [-0.15, -0.1) is 0 Å². The van der Waals surface area contributed by atoms with Gasteiger partial charge in [-0.3, -0.25) is 0 Å². The van der Waals surface area contributed by atoms with Gasteiger partial charge < -0.3 is 10.2 Å². The van der Waals surface area contributed by atoms with E-state index in [0.717, 1.165) is 11.1 Å². The average molecular weight is 228 g/mol. The summed E-state index contributed by atoms with van der Waals surface area (Å²) in [6.07, 6.45) is 0. The Bertz CT molecular complexity index is 482. The first-order valence-electron chi connectivity index (χ1n) is 5.85. The molecular weight excluding hydrogens is 212 g/mol. The third-order valence-electron chi connectivity index (χ3n) is 2.90. The van der Waals surface area contributed by atoms with E-state index < -0.39 is 5.79 Å². The Morgan fingerprint density at radius 3 is 1.47 bits per heavy atom. The van der Waals surface area contributed by atoms with Crippen molar-refractivity contribution in [1.82, 2.24) is 0 Å². The largest absolute Gasteiger partial charge is 0.358 e. The lowest BCUT2D eigenvalue weighted by Crippen LogP contribution is -2.23. The van der Waals surface area contributed by atoms with E-state index in [9.17, 15) is 10.2 Å². The van der Waals surface area contributed by atoms with Crippen molar-refractivity contribution < 1.29 is 10.2 Å². The molecule has 0 fully saturated rings. The minimum atomic E-state index is -1.84. The molecule has 2 nitrogen and oxygen atoms in total. The molecule has 1 aliphatic rings. The standard InChI is InChI=1S/C13H10O2.C2H6/c14-13(15)11-7-3-1-5-9(11)10-6-2-4-8-12(10)13;1-2/h1-8,14-15H;1-2H3. The van der Waals surface area contributed by atoms with E-state index in [4.69, 9.17) is 0 Å². The van der Waals surface area contributed by atoms with Gasteiger partial charge in [0.05, 0.1) is 0 Å². The maximum Gasteiger partial charge on any atom is 0.218 e. The molecule has 0 aromatic heterocycles. The summed E-state index contributed by atoms with van der Waals surface area (Å²) in [6, 6.07) is 14.7. The Morgan fingerprint density at radius 1 is 0.706 bits per heavy atom. The van der Waals surface area contributed by atoms with E-state index in [1.807, 2.05) is 50.2 Å². The molecule has 2 heteroatoms. The Balaban J connectivity index is 0.000000514. The molecule has 0 spiro atoms. The highest BCUT2D eigenvalue weighted by Crippen LogP contribution is 2.45. The van der Waals surface area contributed by atoms with Crippen molar-refractivity contribution in [2.75, 3.05) is 0 Å². The van der Waals surface area contributed by atoms with Crippen LogP contribution in [-0.2, 0) is 5.79 Å². The Hall–Kier alpha value is -1.64. The second-order valence-electron chi connectivity index (χ2n) is 3.76. The molecule has 88 valence electrons. The Kier molecular flexibility index (Phi) is 3.01. The second-order valence-corrected chi connectivity index (χ2v) is 3.76. The van der Waals surface area contributed by atoms with Crippen LogP contribution in [-0.4, -0.2) is 10.2 Å². The molecule has 0 unspecified atom stereocenters. The van der Waals surface area contributed by atoms with E-state index in [2.05, 4.69) is 0 Å². The summed E-state index contributed by atoms with van der Waals surface area (Å²) in [4.78, 5) is 0. The van der Waals surface area contributed by atoms with Gasteiger partial charge in [0.1, 0.15) is 0 Å². The fraction of sp³-hybridized carbons (Fsp3) is 0.200. The molecule has 0 bridgehead atoms. The normalized spacial score (nSPS) is 14.4. The van der Waals surface area contributed by atoms with Gasteiger partial charge in [-0.1, -0.05) is 62.4 Å². The molecule has 0 atom stereocenters. The quantitative estimate of drug-likeness (QED) is 0.681. The van der Waals surface area contributed by atoms with Crippen LogP contribution in [0, 0.1) is 0 Å². The predicted molar refractivity (Wildman–Crippen MR) is 68.4 cm³/mol. The van der Waals surface area contributed by atoms with Crippen molar-refractivity contribution in [3.05, 3.63) is 59.7 Å². The summed E-state index contributed by atoms with van der Waals surface area (Å²) in [6.45, 7) is 4.00. The highest BCUT2D eigenvalue weighted by atomic mass is 16.5. The van der Waals surface area contributed by atoms with Gasteiger partial charge in [0.15, 0.2) is 0 Å². The molecule has 3 rings (SSSR count). The number of hydrogen-bond donors (Lipinski definition) is 2. The monoisotopic (exact) mass is 228 g/mol. The van der Waals surface area contributed by atoms with Crippen LogP contribution in [0.15, 0.2) is 48.5 Å². The van der Waals surface area contributed by atoms with Crippen LogP contribution in [0.2, 0.25) is 0 Å². The van der Waals surface area contributed by atoms with Crippen LogP contribution in [0.5, 0.6) is 0 Å². The van der Waals surface area contributed by atoms with Crippen molar-refractivity contribution in [2.24, 2.45) is 0 Å². The van der Waals surface area contributed by atoms with Crippen LogP contribution in [0.4, 0.5) is 0 Å². The molecule has 2 aromatic carbocycles. The first-order chi connectivity index (χ1) is 8.21. The topological polar surface area (TPSA) is 40.5 Å². The molecule has 17 heavy (non-hydrogen) atoms. The fourth-order valence-electron chi connectivity index (χ4n) is 2.19. The maximum absolute atomic E-state index is 10.1. The summed E-state index contributed by atoms with van der Waals surface area (Å²) < 4.78 is 0. The molecule has 2 N–H and O–H groups in total. The summed E-state index contributed by atoms with van der Waals surface area (Å²) in [5, 5.41) is 20.1. The second kappa shape index (κ2) is 4.32. The number of benzene rings is 2. The summed E-state index contributed by atoms with van der Waals surface area (Å²) in [7, 11) is 0. The van der Waals surface area contributed by atoms with Gasteiger partial charge in [-0.2, -0.15) is 0 Å². The molecule has 0 amide bonds. The molecule has 0 saturated heterocycles. The van der Waals surface area contributed by atoms with Crippen LogP contribution >= 0.6 is 0 Å². The minimum Gasteiger partial charge on any atom is -0.358 e. The van der Waals surface area contributed by atoms with E-state index in [1.165, 1.54) is 0 Å². The lowest BCUT2D eigenvalue weighted by atomic mass is 10.1. The first kappa shape index (κ1) is 11.8. The summed E-state index contributed by atoms with van der Waals surface area (Å²) in [5.41, 5.74) is 2.92. The fourth-order valence-corrected chi connectivity index (χ4v) is 2.19. The number of hydrogen-bond acceptors (Lipinski definition) is 2. The highest BCUT2D eigenvalue weighted by Gasteiger charge is 2.39. The molecule has 0 saturated carbocycles. The Labute approximate surface area is 101 Å². The molecule has 0 aliphatic heterocycles. The van der Waals surface area contributed by atoms with Crippen molar-refractivity contribution in [3.8, 4) is 11.1 Å². The van der Waals surface area contributed by atoms with E-state index in [0.29, 0.717) is 11.1 Å². The summed E-state index contributed by atoms with van der Waals surface area (Å²) >= 11 is 0. The smallest absolute Gasteiger partial charge is 0.218 e. The molecule has 0 heterocycles. The zero-order valence-electron chi connectivity index (χ0n) is 10.0. The molecule has 2 aromatic rings. The van der Waals surface area contributed by atoms with E-state index in [1.54, 1.807) is 12.1 Å². The third-order valence-corrected chi connectivity index (χ3v) is 2.90. The van der Waals surface area contributed by atoms with Gasteiger partial charge in [-0.25, -0.2) is 0 Å². The first-order valence-corrected chi connectivity index (χ1v) is 5.85. The third kappa shape index (κ3) is 1.66. The minimum absolute atomic E-state index is 0.561. The zero-order chi connectivity index (χ0) is 12.5. The number of fused-ring (bicyclic) bond motifs is 3. The number of rotatable bonds is 0. The molecular formula is C15H16O2. The number of aliphatic hydroxyl groups is 2. The predicted octanol–water partition coefficient (Wildman–Crippen LogP) is 2.88. The van der Waals surface area contributed by atoms with Crippen molar-refractivity contribution in [3.63, 3.8) is 0 Å². The van der Waals surface area contributed by atoms with Gasteiger partial charge >= 0.3 is 0 Å². The van der Waals surface area contributed by atoms with Crippen LogP contribution in [0.25, 0.3) is 11.1 Å². The van der Waals surface area contributed by atoms with Crippen molar-refractivity contribution in [1.29, 1.82) is 0 Å². The Morgan fingerprint density at radius 2 is 1.06 bits per heavy atom. The van der Waals surface area contributed by atoms with Crippen molar-refractivity contribution >= 4 is 0 Å². The lowest BCUT2D eigenvalue weighted by molar-refractivity contribution is -0.128. The zero-order valence-corrected chi connectivity index (χ0v) is 10.0. The van der Waals surface area contributed by atoms with Crippen LogP contribution in [0.1, 0.15) is 25.0 Å². The molecule has 1 aliphatic carbocycles. The average Bonchev–Trinajstić information content (AvgIpc) is 2.63. The maximum atomic E-state index is 10.1.